The summed E-state index contributed by atoms with van der Waals surface area (Å²) >= 11 is 0. The first-order valence-electron chi connectivity index (χ1n) is 5.10. The van der Waals surface area contributed by atoms with Gasteiger partial charge >= 0.3 is 0 Å². The quantitative estimate of drug-likeness (QED) is 0.614. The number of fused-ring (bicyclic) bond motifs is 2. The first-order valence-corrected chi connectivity index (χ1v) is 5.10. The zero-order valence-electron chi connectivity index (χ0n) is 7.26. The van der Waals surface area contributed by atoms with Crippen LogP contribution in [0, 0.1) is 17.8 Å². The first kappa shape index (κ1) is 7.60. The number of hydrogen-bond donors (Lipinski definition) is 1. The largest absolute Gasteiger partial charge is 0.330 e. The van der Waals surface area contributed by atoms with Crippen molar-refractivity contribution in [2.45, 2.75) is 38.5 Å². The molecular formula is C10H19N. The number of rotatable bonds is 1. The molecule has 0 heterocycles. The Balaban J connectivity index is 1.97. The van der Waals surface area contributed by atoms with Crippen molar-refractivity contribution in [1.29, 1.82) is 0 Å². The molecule has 11 heavy (non-hydrogen) atoms. The summed E-state index contributed by atoms with van der Waals surface area (Å²) < 4.78 is 0. The van der Waals surface area contributed by atoms with Crippen molar-refractivity contribution in [2.24, 2.45) is 23.5 Å². The van der Waals surface area contributed by atoms with E-state index in [2.05, 4.69) is 0 Å². The molecule has 0 aromatic carbocycles. The van der Waals surface area contributed by atoms with Crippen LogP contribution < -0.4 is 5.73 Å². The molecule has 2 bridgehead atoms. The molecule has 3 atom stereocenters. The Kier molecular flexibility index (Phi) is 2.17. The van der Waals surface area contributed by atoms with Crippen LogP contribution in [0.2, 0.25) is 0 Å². The Hall–Kier alpha value is -0.0400. The summed E-state index contributed by atoms with van der Waals surface area (Å²) in [5.74, 6) is 2.97. The second-order valence-corrected chi connectivity index (χ2v) is 4.37. The average molecular weight is 153 g/mol. The van der Waals surface area contributed by atoms with Gasteiger partial charge in [-0.3, -0.25) is 0 Å². The van der Waals surface area contributed by atoms with Gasteiger partial charge in [-0.2, -0.15) is 0 Å². The summed E-state index contributed by atoms with van der Waals surface area (Å²) in [6, 6.07) is 0. The van der Waals surface area contributed by atoms with Crippen molar-refractivity contribution in [3.8, 4) is 0 Å². The topological polar surface area (TPSA) is 26.0 Å². The van der Waals surface area contributed by atoms with Gasteiger partial charge in [0.05, 0.1) is 0 Å². The molecule has 0 radical (unpaired) electrons. The normalized spacial score (nSPS) is 43.9. The van der Waals surface area contributed by atoms with Crippen molar-refractivity contribution in [3.05, 3.63) is 0 Å². The molecule has 0 saturated heterocycles. The van der Waals surface area contributed by atoms with Gasteiger partial charge in [-0.1, -0.05) is 25.7 Å². The van der Waals surface area contributed by atoms with Crippen LogP contribution in [0.3, 0.4) is 0 Å². The van der Waals surface area contributed by atoms with E-state index in [1.54, 1.807) is 0 Å². The van der Waals surface area contributed by atoms with Gasteiger partial charge in [-0.15, -0.1) is 0 Å². The van der Waals surface area contributed by atoms with E-state index in [1.165, 1.54) is 38.5 Å². The lowest BCUT2D eigenvalue weighted by Gasteiger charge is -2.39. The molecule has 3 unspecified atom stereocenters. The standard InChI is InChI=1S/C10H19N/c11-7-10-5-4-8-2-1-3-9(10)6-8/h8-10H,1-7,11H2. The molecule has 2 aliphatic carbocycles. The second kappa shape index (κ2) is 3.14. The summed E-state index contributed by atoms with van der Waals surface area (Å²) in [6.45, 7) is 0.942. The minimum absolute atomic E-state index is 0.881. The van der Waals surface area contributed by atoms with Crippen LogP contribution in [0.4, 0.5) is 0 Å². The molecule has 2 aliphatic rings. The first-order chi connectivity index (χ1) is 5.40. The van der Waals surface area contributed by atoms with Gasteiger partial charge in [-0.05, 0) is 37.1 Å². The van der Waals surface area contributed by atoms with E-state index in [0.717, 1.165) is 24.3 Å². The minimum Gasteiger partial charge on any atom is -0.330 e. The van der Waals surface area contributed by atoms with Gasteiger partial charge in [0.2, 0.25) is 0 Å². The highest BCUT2D eigenvalue weighted by Gasteiger charge is 2.32. The van der Waals surface area contributed by atoms with Crippen LogP contribution in [0.1, 0.15) is 38.5 Å². The molecule has 2 saturated carbocycles. The van der Waals surface area contributed by atoms with Crippen LogP contribution in [0.25, 0.3) is 0 Å². The third kappa shape index (κ3) is 1.44. The highest BCUT2D eigenvalue weighted by atomic mass is 14.6. The molecule has 2 rings (SSSR count). The fourth-order valence-electron chi connectivity index (χ4n) is 3.02. The molecular weight excluding hydrogens is 134 g/mol. The van der Waals surface area contributed by atoms with Gasteiger partial charge in [0.25, 0.3) is 0 Å². The molecule has 2 fully saturated rings. The molecule has 0 aromatic heterocycles. The lowest BCUT2D eigenvalue weighted by molar-refractivity contribution is 0.126. The van der Waals surface area contributed by atoms with Gasteiger partial charge < -0.3 is 5.73 Å². The Labute approximate surface area is 69.4 Å². The van der Waals surface area contributed by atoms with Crippen LogP contribution in [0.15, 0.2) is 0 Å². The van der Waals surface area contributed by atoms with Crippen molar-refractivity contribution in [2.75, 3.05) is 6.54 Å². The number of nitrogens with two attached hydrogens (primary N) is 1. The van der Waals surface area contributed by atoms with Gasteiger partial charge in [0.15, 0.2) is 0 Å². The molecule has 0 amide bonds. The Morgan fingerprint density at radius 2 is 2.00 bits per heavy atom. The summed E-state index contributed by atoms with van der Waals surface area (Å²) in [5, 5.41) is 0. The smallest absolute Gasteiger partial charge is 0.00462 e. The lowest BCUT2D eigenvalue weighted by atomic mass is 9.67. The fourth-order valence-corrected chi connectivity index (χ4v) is 3.02. The van der Waals surface area contributed by atoms with E-state index in [0.29, 0.717) is 0 Å². The molecule has 0 aromatic rings. The molecule has 64 valence electrons. The Bertz CT molecular complexity index is 133. The van der Waals surface area contributed by atoms with Crippen molar-refractivity contribution in [3.63, 3.8) is 0 Å². The lowest BCUT2D eigenvalue weighted by Crippen LogP contribution is -2.33. The molecule has 0 spiro atoms. The van der Waals surface area contributed by atoms with Gasteiger partial charge in [0.1, 0.15) is 0 Å². The fraction of sp³-hybridized carbons (Fsp3) is 1.00. The molecule has 2 N–H and O–H groups in total. The van der Waals surface area contributed by atoms with E-state index in [1.807, 2.05) is 0 Å². The van der Waals surface area contributed by atoms with E-state index < -0.39 is 0 Å². The van der Waals surface area contributed by atoms with Crippen molar-refractivity contribution >= 4 is 0 Å². The van der Waals surface area contributed by atoms with E-state index in [4.69, 9.17) is 5.73 Å². The van der Waals surface area contributed by atoms with Crippen molar-refractivity contribution < 1.29 is 0 Å². The zero-order valence-corrected chi connectivity index (χ0v) is 7.26. The summed E-state index contributed by atoms with van der Waals surface area (Å²) in [6.07, 6.45) is 8.85. The van der Waals surface area contributed by atoms with Crippen LogP contribution >= 0.6 is 0 Å². The van der Waals surface area contributed by atoms with E-state index >= 15 is 0 Å². The molecule has 0 aliphatic heterocycles. The maximum atomic E-state index is 5.74. The monoisotopic (exact) mass is 153 g/mol. The maximum Gasteiger partial charge on any atom is -0.00462 e. The third-order valence-corrected chi connectivity index (χ3v) is 3.74. The van der Waals surface area contributed by atoms with E-state index in [9.17, 15) is 0 Å². The Morgan fingerprint density at radius 1 is 1.09 bits per heavy atom. The van der Waals surface area contributed by atoms with Crippen LogP contribution in [0.5, 0.6) is 0 Å². The highest BCUT2D eigenvalue weighted by Crippen LogP contribution is 2.42. The predicted molar refractivity (Wildman–Crippen MR) is 47.2 cm³/mol. The molecule has 1 nitrogen and oxygen atoms in total. The third-order valence-electron chi connectivity index (χ3n) is 3.74. The highest BCUT2D eigenvalue weighted by molar-refractivity contribution is 4.84. The van der Waals surface area contributed by atoms with Crippen LogP contribution in [-0.2, 0) is 0 Å². The predicted octanol–water partition coefficient (Wildman–Crippen LogP) is 2.16. The summed E-state index contributed by atoms with van der Waals surface area (Å²) in [4.78, 5) is 0. The number of hydrogen-bond acceptors (Lipinski definition) is 1. The summed E-state index contributed by atoms with van der Waals surface area (Å²) in [5.41, 5.74) is 5.74. The van der Waals surface area contributed by atoms with Gasteiger partial charge in [0, 0.05) is 0 Å². The van der Waals surface area contributed by atoms with E-state index in [-0.39, 0.29) is 0 Å². The van der Waals surface area contributed by atoms with Crippen molar-refractivity contribution in [1.82, 2.24) is 0 Å². The van der Waals surface area contributed by atoms with Gasteiger partial charge in [-0.25, -0.2) is 0 Å². The average Bonchev–Trinajstić information content (AvgIpc) is 2.06. The van der Waals surface area contributed by atoms with Crippen LogP contribution in [-0.4, -0.2) is 6.54 Å². The molecule has 1 heteroatoms. The summed E-state index contributed by atoms with van der Waals surface area (Å²) in [7, 11) is 0. The minimum atomic E-state index is 0.881. The Morgan fingerprint density at radius 3 is 2.82 bits per heavy atom. The zero-order chi connectivity index (χ0) is 7.68. The SMILES string of the molecule is NCC1CCC2CCCC1C2. The maximum absolute atomic E-state index is 5.74. The second-order valence-electron chi connectivity index (χ2n) is 4.37.